The summed E-state index contributed by atoms with van der Waals surface area (Å²) in [7, 11) is 0. The van der Waals surface area contributed by atoms with Crippen molar-refractivity contribution in [2.75, 3.05) is 6.54 Å². The molecule has 0 aromatic rings. The van der Waals surface area contributed by atoms with Crippen LogP contribution in [0, 0.1) is 5.41 Å². The van der Waals surface area contributed by atoms with Crippen LogP contribution in [0.4, 0.5) is 4.79 Å². The molecule has 1 saturated heterocycles. The summed E-state index contributed by atoms with van der Waals surface area (Å²) in [5, 5.41) is 8.88. The summed E-state index contributed by atoms with van der Waals surface area (Å²) < 4.78 is 5.13. The smallest absolute Gasteiger partial charge is 0.411 e. The molecule has 1 aliphatic rings. The third kappa shape index (κ3) is 8.82. The Morgan fingerprint density at radius 2 is 1.74 bits per heavy atom. The molecule has 1 heterocycles. The Balaban J connectivity index is 0.000000515. The number of likely N-dealkylation sites (tertiary alicyclic amines) is 1. The van der Waals surface area contributed by atoms with Gasteiger partial charge in [0.2, 0.25) is 0 Å². The zero-order valence-electron chi connectivity index (χ0n) is 15.9. The van der Waals surface area contributed by atoms with Gasteiger partial charge in [0, 0.05) is 6.54 Å². The Hall–Kier alpha value is -1.26. The van der Waals surface area contributed by atoms with Gasteiger partial charge in [0.1, 0.15) is 11.6 Å². The van der Waals surface area contributed by atoms with Gasteiger partial charge in [-0.25, -0.2) is 9.59 Å². The van der Waals surface area contributed by atoms with Crippen LogP contribution in [0.2, 0.25) is 0 Å². The Bertz CT molecular complexity index is 385. The molecule has 136 valence electrons. The van der Waals surface area contributed by atoms with E-state index in [9.17, 15) is 9.59 Å². The first kappa shape index (κ1) is 21.7. The second-order valence-electron chi connectivity index (χ2n) is 7.94. The van der Waals surface area contributed by atoms with Gasteiger partial charge < -0.3 is 9.84 Å². The van der Waals surface area contributed by atoms with E-state index in [1.807, 2.05) is 0 Å². The molecular weight excluding hydrogens is 294 g/mol. The number of hydrogen-bond donors (Lipinski definition) is 1. The van der Waals surface area contributed by atoms with Crippen molar-refractivity contribution in [2.45, 2.75) is 92.2 Å². The number of amides is 1. The molecule has 0 saturated carbocycles. The summed E-state index contributed by atoms with van der Waals surface area (Å²) in [5.74, 6) is -0.960. The van der Waals surface area contributed by atoms with Crippen molar-refractivity contribution in [3.05, 3.63) is 0 Å². The van der Waals surface area contributed by atoms with Crippen molar-refractivity contribution >= 4 is 12.1 Å². The summed E-state index contributed by atoms with van der Waals surface area (Å²) in [6, 6.07) is -0.722. The molecule has 0 aromatic heterocycles. The van der Waals surface area contributed by atoms with E-state index in [1.165, 1.54) is 24.2 Å². The molecule has 0 aliphatic carbocycles. The predicted molar refractivity (Wildman–Crippen MR) is 92.6 cm³/mol. The Labute approximate surface area is 141 Å². The van der Waals surface area contributed by atoms with Crippen molar-refractivity contribution in [1.82, 2.24) is 4.90 Å². The quantitative estimate of drug-likeness (QED) is 0.812. The van der Waals surface area contributed by atoms with Crippen LogP contribution >= 0.6 is 0 Å². The van der Waals surface area contributed by atoms with Crippen LogP contribution in [0.15, 0.2) is 0 Å². The minimum atomic E-state index is -0.960. The number of nitrogens with zero attached hydrogens (tertiary/aromatic N) is 1. The Kier molecular flexibility index (Phi) is 8.64. The maximum Gasteiger partial charge on any atom is 0.411 e. The van der Waals surface area contributed by atoms with Crippen LogP contribution in [-0.4, -0.2) is 40.3 Å². The lowest BCUT2D eigenvalue weighted by Gasteiger charge is -2.26. The first-order chi connectivity index (χ1) is 10.4. The van der Waals surface area contributed by atoms with Gasteiger partial charge in [0.25, 0.3) is 0 Å². The van der Waals surface area contributed by atoms with Crippen LogP contribution < -0.4 is 0 Å². The van der Waals surface area contributed by atoms with E-state index >= 15 is 0 Å². The standard InChI is InChI=1S/C10H17NO4.C8H18/c1-10(2,3)15-9(14)11-6-4-5-7(11)8(12)13;1-5-7-8(3,4)6-2/h7H,4-6H2,1-3H3,(H,12,13);5-7H2,1-4H3/t7-;/m0./s1. The highest BCUT2D eigenvalue weighted by atomic mass is 16.6. The van der Waals surface area contributed by atoms with E-state index in [0.717, 1.165) is 6.42 Å². The van der Waals surface area contributed by atoms with E-state index in [4.69, 9.17) is 9.84 Å². The van der Waals surface area contributed by atoms with Crippen LogP contribution in [0.1, 0.15) is 80.6 Å². The predicted octanol–water partition coefficient (Wildman–Crippen LogP) is 4.69. The lowest BCUT2D eigenvalue weighted by molar-refractivity contribution is -0.142. The average molecular weight is 329 g/mol. The van der Waals surface area contributed by atoms with Crippen LogP contribution in [-0.2, 0) is 9.53 Å². The molecule has 0 bridgehead atoms. The first-order valence-electron chi connectivity index (χ1n) is 8.66. The van der Waals surface area contributed by atoms with E-state index in [1.54, 1.807) is 20.8 Å². The zero-order chi connectivity index (χ0) is 18.3. The van der Waals surface area contributed by atoms with Crippen LogP contribution in [0.25, 0.3) is 0 Å². The summed E-state index contributed by atoms with van der Waals surface area (Å²) in [4.78, 5) is 23.7. The van der Waals surface area contributed by atoms with Gasteiger partial charge in [-0.05, 0) is 45.4 Å². The second-order valence-corrected chi connectivity index (χ2v) is 7.94. The maximum absolute atomic E-state index is 11.6. The minimum Gasteiger partial charge on any atom is -0.480 e. The third-order valence-electron chi connectivity index (χ3n) is 4.05. The summed E-state index contributed by atoms with van der Waals surface area (Å²) in [6.07, 6.45) is 4.68. The van der Waals surface area contributed by atoms with E-state index in [0.29, 0.717) is 18.4 Å². The van der Waals surface area contributed by atoms with Crippen molar-refractivity contribution in [3.63, 3.8) is 0 Å². The average Bonchev–Trinajstić information content (AvgIpc) is 2.87. The van der Waals surface area contributed by atoms with Crippen molar-refractivity contribution in [3.8, 4) is 0 Å². The van der Waals surface area contributed by atoms with Crippen LogP contribution in [0.5, 0.6) is 0 Å². The van der Waals surface area contributed by atoms with E-state index in [-0.39, 0.29) is 0 Å². The number of carboxylic acid groups (broad SMARTS) is 1. The highest BCUT2D eigenvalue weighted by molar-refractivity contribution is 5.80. The largest absolute Gasteiger partial charge is 0.480 e. The van der Waals surface area contributed by atoms with Gasteiger partial charge in [0.05, 0.1) is 0 Å². The molecule has 1 fully saturated rings. The highest BCUT2D eigenvalue weighted by Gasteiger charge is 2.36. The number of rotatable bonds is 4. The molecule has 1 N–H and O–H groups in total. The fourth-order valence-corrected chi connectivity index (χ4v) is 2.42. The molecule has 0 aromatic carbocycles. The summed E-state index contributed by atoms with van der Waals surface area (Å²) >= 11 is 0. The number of carboxylic acids is 1. The summed E-state index contributed by atoms with van der Waals surface area (Å²) in [6.45, 7) is 14.9. The minimum absolute atomic E-state index is 0.464. The SMILES string of the molecule is CC(C)(C)OC(=O)N1CCC[C@H]1C(=O)O.CCCC(C)(C)CC. The van der Waals surface area contributed by atoms with Gasteiger partial charge in [-0.1, -0.05) is 40.5 Å². The van der Waals surface area contributed by atoms with Crippen LogP contribution in [0.3, 0.4) is 0 Å². The Morgan fingerprint density at radius 3 is 2.09 bits per heavy atom. The molecule has 5 heteroatoms. The lowest BCUT2D eigenvalue weighted by atomic mass is 9.86. The third-order valence-corrected chi connectivity index (χ3v) is 4.05. The van der Waals surface area contributed by atoms with E-state index in [2.05, 4.69) is 27.7 Å². The maximum atomic E-state index is 11.6. The molecule has 1 atom stereocenters. The number of carbonyl (C=O) groups excluding carboxylic acids is 1. The van der Waals surface area contributed by atoms with Gasteiger partial charge >= 0.3 is 12.1 Å². The summed E-state index contributed by atoms with van der Waals surface area (Å²) in [5.41, 5.74) is 0.0114. The highest BCUT2D eigenvalue weighted by Crippen LogP contribution is 2.25. The molecule has 1 aliphatic heterocycles. The fraction of sp³-hybridized carbons (Fsp3) is 0.889. The molecule has 0 unspecified atom stereocenters. The normalized spacial score (nSPS) is 18.2. The van der Waals surface area contributed by atoms with Crippen molar-refractivity contribution in [2.24, 2.45) is 5.41 Å². The number of carbonyl (C=O) groups is 2. The molecule has 5 nitrogen and oxygen atoms in total. The van der Waals surface area contributed by atoms with Gasteiger partial charge in [-0.3, -0.25) is 4.90 Å². The zero-order valence-corrected chi connectivity index (χ0v) is 15.9. The molecule has 23 heavy (non-hydrogen) atoms. The molecule has 1 rings (SSSR count). The topological polar surface area (TPSA) is 66.8 Å². The molecule has 0 radical (unpaired) electrons. The van der Waals surface area contributed by atoms with Gasteiger partial charge in [-0.15, -0.1) is 0 Å². The van der Waals surface area contributed by atoms with Crippen molar-refractivity contribution in [1.29, 1.82) is 0 Å². The van der Waals surface area contributed by atoms with Gasteiger partial charge in [0.15, 0.2) is 0 Å². The number of ether oxygens (including phenoxy) is 1. The molecular formula is C18H35NO4. The van der Waals surface area contributed by atoms with E-state index < -0.39 is 23.7 Å². The second kappa shape index (κ2) is 9.14. The molecule has 0 spiro atoms. The monoisotopic (exact) mass is 329 g/mol. The van der Waals surface area contributed by atoms with Gasteiger partial charge in [-0.2, -0.15) is 0 Å². The lowest BCUT2D eigenvalue weighted by Crippen LogP contribution is -2.43. The van der Waals surface area contributed by atoms with Crippen molar-refractivity contribution < 1.29 is 19.4 Å². The number of hydrogen-bond acceptors (Lipinski definition) is 3. The first-order valence-corrected chi connectivity index (χ1v) is 8.66. The Morgan fingerprint density at radius 1 is 1.17 bits per heavy atom. The fourth-order valence-electron chi connectivity index (χ4n) is 2.42. The molecule has 1 amide bonds. The number of aliphatic carboxylic acids is 1.